The van der Waals surface area contributed by atoms with E-state index in [1.807, 2.05) is 43.3 Å². The fraction of sp³-hybridized carbons (Fsp3) is 0.100. The molecule has 3 rings (SSSR count). The van der Waals surface area contributed by atoms with Crippen LogP contribution in [0.4, 0.5) is 5.69 Å². The van der Waals surface area contributed by atoms with Crippen LogP contribution in [0, 0.1) is 6.92 Å². The Kier molecular flexibility index (Phi) is 5.05. The van der Waals surface area contributed by atoms with Crippen LogP contribution in [-0.4, -0.2) is 8.42 Å². The van der Waals surface area contributed by atoms with Gasteiger partial charge in [-0.2, -0.15) is 8.42 Å². The van der Waals surface area contributed by atoms with Gasteiger partial charge >= 0.3 is 10.1 Å². The molecule has 0 unspecified atom stereocenters. The van der Waals surface area contributed by atoms with Gasteiger partial charge in [-0.3, -0.25) is 0 Å². The third-order valence-corrected chi connectivity index (χ3v) is 4.95. The number of hydrogen-bond acceptors (Lipinski definition) is 4. The normalized spacial score (nSPS) is 11.1. The Bertz CT molecular complexity index is 953. The van der Waals surface area contributed by atoms with Crippen molar-refractivity contribution in [2.75, 3.05) is 5.32 Å². The lowest BCUT2D eigenvalue weighted by Crippen LogP contribution is -2.11. The molecule has 128 valence electrons. The molecule has 0 heterocycles. The monoisotopic (exact) mass is 353 g/mol. The Morgan fingerprint density at radius 2 is 1.60 bits per heavy atom. The van der Waals surface area contributed by atoms with Gasteiger partial charge in [-0.05, 0) is 42.8 Å². The first kappa shape index (κ1) is 17.0. The summed E-state index contributed by atoms with van der Waals surface area (Å²) in [6, 6.07) is 23.2. The summed E-state index contributed by atoms with van der Waals surface area (Å²) in [4.78, 5) is 0.136. The summed E-state index contributed by atoms with van der Waals surface area (Å²) in [6.45, 7) is 2.48. The molecule has 25 heavy (non-hydrogen) atoms. The standard InChI is InChI=1S/C20H19NO3S/c1-16-8-7-10-18(14-16)21-15-17-9-5-6-13-20(17)24-25(22,23)19-11-3-2-4-12-19/h2-14,21H,15H2,1H3. The molecule has 0 radical (unpaired) electrons. The van der Waals surface area contributed by atoms with Crippen molar-refractivity contribution < 1.29 is 12.6 Å². The minimum Gasteiger partial charge on any atom is -0.381 e. The summed E-state index contributed by atoms with van der Waals surface area (Å²) >= 11 is 0. The molecular weight excluding hydrogens is 334 g/mol. The fourth-order valence-electron chi connectivity index (χ4n) is 2.44. The zero-order chi connectivity index (χ0) is 17.7. The molecule has 3 aromatic rings. The van der Waals surface area contributed by atoms with E-state index in [4.69, 9.17) is 4.18 Å². The van der Waals surface area contributed by atoms with Crippen LogP contribution in [0.2, 0.25) is 0 Å². The molecule has 5 heteroatoms. The van der Waals surface area contributed by atoms with E-state index in [1.54, 1.807) is 30.3 Å². The molecule has 0 aliphatic heterocycles. The highest BCUT2D eigenvalue weighted by Crippen LogP contribution is 2.24. The van der Waals surface area contributed by atoms with E-state index in [2.05, 4.69) is 5.32 Å². The zero-order valence-corrected chi connectivity index (χ0v) is 14.7. The molecule has 0 saturated heterocycles. The predicted molar refractivity (Wildman–Crippen MR) is 99.2 cm³/mol. The molecule has 0 spiro atoms. The Morgan fingerprint density at radius 3 is 2.36 bits per heavy atom. The highest BCUT2D eigenvalue weighted by atomic mass is 32.2. The van der Waals surface area contributed by atoms with Crippen molar-refractivity contribution in [1.82, 2.24) is 0 Å². The van der Waals surface area contributed by atoms with Crippen LogP contribution in [0.3, 0.4) is 0 Å². The molecule has 0 saturated carbocycles. The average Bonchev–Trinajstić information content (AvgIpc) is 2.62. The van der Waals surface area contributed by atoms with E-state index >= 15 is 0 Å². The van der Waals surface area contributed by atoms with Crippen molar-refractivity contribution in [2.24, 2.45) is 0 Å². The quantitative estimate of drug-likeness (QED) is 0.669. The molecule has 0 aliphatic carbocycles. The number of aryl methyl sites for hydroxylation is 1. The lowest BCUT2D eigenvalue weighted by atomic mass is 10.2. The molecule has 0 aromatic heterocycles. The molecule has 0 bridgehead atoms. The van der Waals surface area contributed by atoms with Crippen molar-refractivity contribution in [1.29, 1.82) is 0 Å². The van der Waals surface area contributed by atoms with Crippen molar-refractivity contribution in [2.45, 2.75) is 18.4 Å². The third kappa shape index (κ3) is 4.39. The number of benzene rings is 3. The van der Waals surface area contributed by atoms with E-state index in [0.29, 0.717) is 12.3 Å². The topological polar surface area (TPSA) is 55.4 Å². The second kappa shape index (κ2) is 7.40. The first-order valence-electron chi connectivity index (χ1n) is 7.92. The maximum absolute atomic E-state index is 12.4. The number of para-hydroxylation sites is 1. The predicted octanol–water partition coefficient (Wildman–Crippen LogP) is 4.37. The lowest BCUT2D eigenvalue weighted by molar-refractivity contribution is 0.483. The number of nitrogens with one attached hydrogen (secondary N) is 1. The highest BCUT2D eigenvalue weighted by Gasteiger charge is 2.17. The fourth-order valence-corrected chi connectivity index (χ4v) is 3.42. The van der Waals surface area contributed by atoms with Crippen LogP contribution in [0.25, 0.3) is 0 Å². The Morgan fingerprint density at radius 1 is 0.880 bits per heavy atom. The van der Waals surface area contributed by atoms with Crippen molar-refractivity contribution in [3.63, 3.8) is 0 Å². The van der Waals surface area contributed by atoms with Gasteiger partial charge in [0.25, 0.3) is 0 Å². The van der Waals surface area contributed by atoms with Crippen LogP contribution in [0.1, 0.15) is 11.1 Å². The molecule has 4 nitrogen and oxygen atoms in total. The Labute approximate surface area is 148 Å². The summed E-state index contributed by atoms with van der Waals surface area (Å²) in [6.07, 6.45) is 0. The lowest BCUT2D eigenvalue weighted by Gasteiger charge is -2.13. The molecule has 1 N–H and O–H groups in total. The smallest absolute Gasteiger partial charge is 0.339 e. The van der Waals surface area contributed by atoms with Crippen LogP contribution in [0.5, 0.6) is 5.75 Å². The summed E-state index contributed by atoms with van der Waals surface area (Å²) in [5, 5.41) is 3.29. The van der Waals surface area contributed by atoms with Gasteiger partial charge in [-0.25, -0.2) is 0 Å². The van der Waals surface area contributed by atoms with Crippen LogP contribution >= 0.6 is 0 Å². The summed E-state index contributed by atoms with van der Waals surface area (Å²) in [5.74, 6) is 0.325. The van der Waals surface area contributed by atoms with Gasteiger partial charge < -0.3 is 9.50 Å². The van der Waals surface area contributed by atoms with E-state index in [9.17, 15) is 8.42 Å². The average molecular weight is 353 g/mol. The number of hydrogen-bond donors (Lipinski definition) is 1. The Hall–Kier alpha value is -2.79. The highest BCUT2D eigenvalue weighted by molar-refractivity contribution is 7.87. The molecule has 0 atom stereocenters. The first-order valence-corrected chi connectivity index (χ1v) is 9.33. The van der Waals surface area contributed by atoms with E-state index in [1.165, 1.54) is 12.1 Å². The van der Waals surface area contributed by atoms with Gasteiger partial charge in [0.05, 0.1) is 0 Å². The first-order chi connectivity index (χ1) is 12.0. The van der Waals surface area contributed by atoms with E-state index in [0.717, 1.165) is 16.8 Å². The number of anilines is 1. The van der Waals surface area contributed by atoms with Gasteiger partial charge in [0.2, 0.25) is 0 Å². The largest absolute Gasteiger partial charge is 0.381 e. The summed E-state index contributed by atoms with van der Waals surface area (Å²) in [7, 11) is -3.85. The van der Waals surface area contributed by atoms with Gasteiger partial charge in [0, 0.05) is 17.8 Å². The number of rotatable bonds is 6. The maximum Gasteiger partial charge on any atom is 0.339 e. The molecule has 3 aromatic carbocycles. The summed E-state index contributed by atoms with van der Waals surface area (Å²) in [5.41, 5.74) is 2.89. The molecule has 0 amide bonds. The minimum atomic E-state index is -3.85. The maximum atomic E-state index is 12.4. The molecule has 0 aliphatic rings. The third-order valence-electron chi connectivity index (χ3n) is 3.71. The SMILES string of the molecule is Cc1cccc(NCc2ccccc2OS(=O)(=O)c2ccccc2)c1. The summed E-state index contributed by atoms with van der Waals surface area (Å²) < 4.78 is 30.2. The van der Waals surface area contributed by atoms with Gasteiger partial charge in [-0.15, -0.1) is 0 Å². The van der Waals surface area contributed by atoms with Crippen molar-refractivity contribution in [3.05, 3.63) is 90.0 Å². The molecule has 0 fully saturated rings. The Balaban J connectivity index is 1.79. The van der Waals surface area contributed by atoms with Crippen LogP contribution in [-0.2, 0) is 16.7 Å². The van der Waals surface area contributed by atoms with Gasteiger partial charge in [-0.1, -0.05) is 48.5 Å². The minimum absolute atomic E-state index is 0.136. The van der Waals surface area contributed by atoms with Crippen LogP contribution in [0.15, 0.2) is 83.8 Å². The zero-order valence-electron chi connectivity index (χ0n) is 13.8. The van der Waals surface area contributed by atoms with Crippen LogP contribution < -0.4 is 9.50 Å². The van der Waals surface area contributed by atoms with Crippen molar-refractivity contribution in [3.8, 4) is 5.75 Å². The van der Waals surface area contributed by atoms with Crippen molar-refractivity contribution >= 4 is 15.8 Å². The molecular formula is C20H19NO3S. The van der Waals surface area contributed by atoms with E-state index in [-0.39, 0.29) is 4.90 Å². The second-order valence-electron chi connectivity index (χ2n) is 5.68. The second-order valence-corrected chi connectivity index (χ2v) is 7.23. The van der Waals surface area contributed by atoms with Gasteiger partial charge in [0.15, 0.2) is 0 Å². The van der Waals surface area contributed by atoms with E-state index < -0.39 is 10.1 Å². The van der Waals surface area contributed by atoms with Gasteiger partial charge in [0.1, 0.15) is 10.6 Å².